The van der Waals surface area contributed by atoms with Crippen molar-refractivity contribution in [1.82, 2.24) is 9.88 Å². The molecule has 0 aromatic carbocycles. The Morgan fingerprint density at radius 3 is 2.65 bits per heavy atom. The molecule has 3 N–H and O–H groups in total. The number of hydrogen-bond acceptors (Lipinski definition) is 6. The van der Waals surface area contributed by atoms with E-state index < -0.39 is 16.1 Å². The van der Waals surface area contributed by atoms with Gasteiger partial charge in [-0.1, -0.05) is 5.16 Å². The van der Waals surface area contributed by atoms with E-state index in [2.05, 4.69) is 9.88 Å². The molecule has 0 radical (unpaired) electrons. The van der Waals surface area contributed by atoms with E-state index in [1.165, 1.54) is 11.3 Å². The molecule has 0 fully saturated rings. The molecule has 2 aromatic heterocycles. The molecule has 20 heavy (non-hydrogen) atoms. The Bertz CT molecular complexity index is 684. The van der Waals surface area contributed by atoms with E-state index in [1.54, 1.807) is 32.9 Å². The second kappa shape index (κ2) is 5.65. The average molecular weight is 315 g/mol. The Morgan fingerprint density at radius 2 is 2.15 bits per heavy atom. The highest BCUT2D eigenvalue weighted by molar-refractivity contribution is 7.91. The van der Waals surface area contributed by atoms with Crippen LogP contribution in [0.25, 0.3) is 0 Å². The van der Waals surface area contributed by atoms with Crippen LogP contribution >= 0.6 is 11.3 Å². The first kappa shape index (κ1) is 15.2. The third-order valence-corrected chi connectivity index (χ3v) is 6.10. The maximum absolute atomic E-state index is 12.3. The van der Waals surface area contributed by atoms with Gasteiger partial charge in [-0.2, -0.15) is 0 Å². The standard InChI is InChI=1S/C12H17N3O3S2/c1-7-12(9(3)18-14-7)8(2)15-20(16,17)11-5-4-10(6-13)19-11/h4-5,8,15H,6,13H2,1-3H3. The van der Waals surface area contributed by atoms with Crippen LogP contribution in [-0.4, -0.2) is 13.6 Å². The second-order valence-electron chi connectivity index (χ2n) is 4.51. The van der Waals surface area contributed by atoms with Crippen molar-refractivity contribution in [3.05, 3.63) is 34.0 Å². The number of rotatable bonds is 5. The number of hydrogen-bond donors (Lipinski definition) is 2. The lowest BCUT2D eigenvalue weighted by Crippen LogP contribution is -2.26. The molecule has 0 bridgehead atoms. The van der Waals surface area contributed by atoms with Gasteiger partial charge in [-0.05, 0) is 32.9 Å². The summed E-state index contributed by atoms with van der Waals surface area (Å²) in [6.45, 7) is 5.65. The fourth-order valence-electron chi connectivity index (χ4n) is 2.07. The molecule has 1 unspecified atom stereocenters. The number of sulfonamides is 1. The van der Waals surface area contributed by atoms with Crippen LogP contribution in [0.3, 0.4) is 0 Å². The first-order valence-corrected chi connectivity index (χ1v) is 8.39. The minimum atomic E-state index is -3.56. The highest BCUT2D eigenvalue weighted by Gasteiger charge is 2.24. The Balaban J connectivity index is 2.24. The van der Waals surface area contributed by atoms with Gasteiger partial charge in [0.05, 0.1) is 5.69 Å². The van der Waals surface area contributed by atoms with E-state index in [0.29, 0.717) is 18.0 Å². The van der Waals surface area contributed by atoms with Gasteiger partial charge in [0, 0.05) is 23.0 Å². The lowest BCUT2D eigenvalue weighted by Gasteiger charge is -2.13. The first-order valence-electron chi connectivity index (χ1n) is 6.09. The minimum Gasteiger partial charge on any atom is -0.361 e. The van der Waals surface area contributed by atoms with Gasteiger partial charge in [-0.3, -0.25) is 0 Å². The zero-order chi connectivity index (χ0) is 14.9. The molecule has 0 aliphatic heterocycles. The van der Waals surface area contributed by atoms with Crippen LogP contribution in [0.15, 0.2) is 20.9 Å². The molecule has 2 aromatic rings. The van der Waals surface area contributed by atoms with Gasteiger partial charge in [0.25, 0.3) is 10.0 Å². The lowest BCUT2D eigenvalue weighted by molar-refractivity contribution is 0.391. The van der Waals surface area contributed by atoms with Crippen LogP contribution in [0.5, 0.6) is 0 Å². The molecule has 8 heteroatoms. The summed E-state index contributed by atoms with van der Waals surface area (Å²) in [5.41, 5.74) is 6.95. The highest BCUT2D eigenvalue weighted by Crippen LogP contribution is 2.26. The number of aromatic nitrogens is 1. The second-order valence-corrected chi connectivity index (χ2v) is 7.61. The Labute approximate surface area is 122 Å². The van der Waals surface area contributed by atoms with Crippen LogP contribution in [0.2, 0.25) is 0 Å². The van der Waals surface area contributed by atoms with Crippen LogP contribution in [0.1, 0.15) is 34.9 Å². The molecule has 0 amide bonds. The average Bonchev–Trinajstić information content (AvgIpc) is 2.96. The monoisotopic (exact) mass is 315 g/mol. The molecular formula is C12H17N3O3S2. The summed E-state index contributed by atoms with van der Waals surface area (Å²) in [5, 5.41) is 3.83. The van der Waals surface area contributed by atoms with Crippen LogP contribution in [0.4, 0.5) is 0 Å². The molecule has 0 spiro atoms. The van der Waals surface area contributed by atoms with E-state index in [0.717, 1.165) is 10.4 Å². The van der Waals surface area contributed by atoms with E-state index in [1.807, 2.05) is 0 Å². The molecular weight excluding hydrogens is 298 g/mol. The van der Waals surface area contributed by atoms with Gasteiger partial charge in [-0.15, -0.1) is 11.3 Å². The van der Waals surface area contributed by atoms with Crippen molar-refractivity contribution in [2.24, 2.45) is 5.73 Å². The predicted molar refractivity (Wildman–Crippen MR) is 76.9 cm³/mol. The third-order valence-electron chi connectivity index (χ3n) is 2.96. The van der Waals surface area contributed by atoms with Gasteiger partial charge in [0.2, 0.25) is 0 Å². The largest absolute Gasteiger partial charge is 0.361 e. The Morgan fingerprint density at radius 1 is 1.45 bits per heavy atom. The maximum Gasteiger partial charge on any atom is 0.250 e. The molecule has 0 saturated carbocycles. The SMILES string of the molecule is Cc1noc(C)c1C(C)NS(=O)(=O)c1ccc(CN)s1. The molecule has 0 saturated heterocycles. The van der Waals surface area contributed by atoms with Crippen LogP contribution < -0.4 is 10.5 Å². The topological polar surface area (TPSA) is 98.2 Å². The van der Waals surface area contributed by atoms with Crippen molar-refractivity contribution in [3.63, 3.8) is 0 Å². The summed E-state index contributed by atoms with van der Waals surface area (Å²) in [6.07, 6.45) is 0. The molecule has 110 valence electrons. The van der Waals surface area contributed by atoms with Crippen molar-refractivity contribution >= 4 is 21.4 Å². The summed E-state index contributed by atoms with van der Waals surface area (Å²) < 4.78 is 32.6. The summed E-state index contributed by atoms with van der Waals surface area (Å²) in [5.74, 6) is 0.617. The van der Waals surface area contributed by atoms with Crippen molar-refractivity contribution in [2.75, 3.05) is 0 Å². The van der Waals surface area contributed by atoms with Crippen molar-refractivity contribution in [3.8, 4) is 0 Å². The van der Waals surface area contributed by atoms with Gasteiger partial charge < -0.3 is 10.3 Å². The Hall–Kier alpha value is -1.22. The van der Waals surface area contributed by atoms with Gasteiger partial charge in [-0.25, -0.2) is 13.1 Å². The smallest absolute Gasteiger partial charge is 0.250 e. The number of thiophene rings is 1. The molecule has 1 atom stereocenters. The predicted octanol–water partition coefficient (Wildman–Crippen LogP) is 1.85. The fourth-order valence-corrected chi connectivity index (χ4v) is 4.54. The summed E-state index contributed by atoms with van der Waals surface area (Å²) in [7, 11) is -3.56. The van der Waals surface area contributed by atoms with Crippen molar-refractivity contribution in [2.45, 2.75) is 37.6 Å². The third kappa shape index (κ3) is 2.93. The van der Waals surface area contributed by atoms with E-state index in [4.69, 9.17) is 10.3 Å². The van der Waals surface area contributed by atoms with E-state index in [-0.39, 0.29) is 4.21 Å². The quantitative estimate of drug-likeness (QED) is 0.877. The van der Waals surface area contributed by atoms with Crippen molar-refractivity contribution in [1.29, 1.82) is 0 Å². The summed E-state index contributed by atoms with van der Waals surface area (Å²) >= 11 is 1.17. The zero-order valence-corrected chi connectivity index (χ0v) is 13.1. The Kier molecular flexibility index (Phi) is 4.28. The van der Waals surface area contributed by atoms with Crippen LogP contribution in [-0.2, 0) is 16.6 Å². The molecule has 6 nitrogen and oxygen atoms in total. The number of aryl methyl sites for hydroxylation is 2. The summed E-state index contributed by atoms with van der Waals surface area (Å²) in [4.78, 5) is 0.829. The van der Waals surface area contributed by atoms with Gasteiger partial charge >= 0.3 is 0 Å². The molecule has 2 heterocycles. The number of nitrogens with zero attached hydrogens (tertiary/aromatic N) is 1. The number of nitrogens with two attached hydrogens (primary N) is 1. The summed E-state index contributed by atoms with van der Waals surface area (Å²) in [6, 6.07) is 2.88. The fraction of sp³-hybridized carbons (Fsp3) is 0.417. The van der Waals surface area contributed by atoms with E-state index in [9.17, 15) is 8.42 Å². The first-order chi connectivity index (χ1) is 9.35. The molecule has 0 aliphatic rings. The van der Waals surface area contributed by atoms with Gasteiger partial charge in [0.15, 0.2) is 0 Å². The molecule has 0 aliphatic carbocycles. The maximum atomic E-state index is 12.3. The normalized spacial score (nSPS) is 13.6. The highest BCUT2D eigenvalue weighted by atomic mass is 32.2. The lowest BCUT2D eigenvalue weighted by atomic mass is 10.1. The number of nitrogens with one attached hydrogen (secondary N) is 1. The van der Waals surface area contributed by atoms with E-state index >= 15 is 0 Å². The minimum absolute atomic E-state index is 0.261. The van der Waals surface area contributed by atoms with Crippen molar-refractivity contribution < 1.29 is 12.9 Å². The van der Waals surface area contributed by atoms with Crippen LogP contribution in [0, 0.1) is 13.8 Å². The molecule has 2 rings (SSSR count). The van der Waals surface area contributed by atoms with Gasteiger partial charge in [0.1, 0.15) is 9.97 Å². The zero-order valence-electron chi connectivity index (χ0n) is 11.5.